The van der Waals surface area contributed by atoms with Crippen LogP contribution >= 0.6 is 0 Å². The second-order valence-corrected chi connectivity index (χ2v) is 16.7. The van der Waals surface area contributed by atoms with E-state index in [-0.39, 0.29) is 0 Å². The van der Waals surface area contributed by atoms with E-state index in [1.165, 1.54) is 276 Å². The van der Waals surface area contributed by atoms with Gasteiger partial charge in [-0.2, -0.15) is 0 Å². The highest BCUT2D eigenvalue weighted by Gasteiger charge is 1.99. The Morgan fingerprint density at radius 3 is 0.447 bits per heavy atom. The molecule has 0 bridgehead atoms. The molecule has 0 radical (unpaired) electrons. The smallest absolute Gasteiger partial charge is 0.0471 e. The molecular formula is C47H96. The fourth-order valence-electron chi connectivity index (χ4n) is 7.70. The quantitative estimate of drug-likeness (QED) is 0.0571. The summed E-state index contributed by atoms with van der Waals surface area (Å²) in [5.74, 6) is 0.896. The molecule has 0 aliphatic carbocycles. The van der Waals surface area contributed by atoms with E-state index < -0.39 is 0 Å². The van der Waals surface area contributed by atoms with E-state index in [9.17, 15) is 0 Å². The second kappa shape index (κ2) is 44.0. The van der Waals surface area contributed by atoms with Crippen molar-refractivity contribution in [3.63, 3.8) is 0 Å². The Bertz CT molecular complexity index is 506. The number of unbranched alkanes of at least 4 members (excludes halogenated alkanes) is 41. The molecule has 0 rings (SSSR count). The summed E-state index contributed by atoms with van der Waals surface area (Å²) in [4.78, 5) is 0. The van der Waals surface area contributed by atoms with Gasteiger partial charge < -0.3 is 0 Å². The maximum absolute atomic E-state index is 2.35. The Labute approximate surface area is 302 Å². The summed E-state index contributed by atoms with van der Waals surface area (Å²) < 4.78 is 0. The van der Waals surface area contributed by atoms with Gasteiger partial charge in [0.05, 0.1) is 0 Å². The van der Waals surface area contributed by atoms with Crippen LogP contribution in [0.25, 0.3) is 0 Å². The van der Waals surface area contributed by atoms with Crippen LogP contribution < -0.4 is 0 Å². The lowest BCUT2D eigenvalue weighted by atomic mass is 10.0. The highest BCUT2D eigenvalue weighted by atomic mass is 14.1. The summed E-state index contributed by atoms with van der Waals surface area (Å²) in [6.45, 7) is 7.02. The monoisotopic (exact) mass is 661 g/mol. The zero-order chi connectivity index (χ0) is 34.0. The first-order valence-corrected chi connectivity index (χ1v) is 23.3. The van der Waals surface area contributed by atoms with E-state index >= 15 is 0 Å². The van der Waals surface area contributed by atoms with Gasteiger partial charge in [0.15, 0.2) is 0 Å². The molecule has 0 unspecified atom stereocenters. The van der Waals surface area contributed by atoms with Crippen LogP contribution in [0.5, 0.6) is 0 Å². The molecule has 0 aromatic carbocycles. The maximum Gasteiger partial charge on any atom is -0.0471 e. The molecule has 0 nitrogen and oxygen atoms in total. The van der Waals surface area contributed by atoms with E-state index in [0.29, 0.717) is 0 Å². The van der Waals surface area contributed by atoms with Gasteiger partial charge in [-0.3, -0.25) is 0 Å². The minimum Gasteiger partial charge on any atom is -0.0654 e. The topological polar surface area (TPSA) is 0 Å². The summed E-state index contributed by atoms with van der Waals surface area (Å²) in [6, 6.07) is 0. The number of hydrogen-bond acceptors (Lipinski definition) is 0. The van der Waals surface area contributed by atoms with Gasteiger partial charge in [-0.15, -0.1) is 0 Å². The third-order valence-electron chi connectivity index (χ3n) is 11.1. The highest BCUT2D eigenvalue weighted by molar-refractivity contribution is 4.54. The van der Waals surface area contributed by atoms with Gasteiger partial charge in [0.1, 0.15) is 0 Å². The highest BCUT2D eigenvalue weighted by Crippen LogP contribution is 2.18. The molecule has 0 saturated heterocycles. The molecule has 0 aliphatic rings. The summed E-state index contributed by atoms with van der Waals surface area (Å²) in [6.07, 6.45) is 63.9. The summed E-state index contributed by atoms with van der Waals surface area (Å²) in [5, 5.41) is 0. The summed E-state index contributed by atoms with van der Waals surface area (Å²) in [5.41, 5.74) is 0. The van der Waals surface area contributed by atoms with Crippen molar-refractivity contribution >= 4 is 0 Å². The molecule has 0 atom stereocenters. The largest absolute Gasteiger partial charge is 0.0654 e. The van der Waals surface area contributed by atoms with Crippen LogP contribution in [-0.2, 0) is 0 Å². The molecule has 0 aromatic rings. The van der Waals surface area contributed by atoms with Crippen LogP contribution in [0.4, 0.5) is 0 Å². The molecule has 284 valence electrons. The minimum absolute atomic E-state index is 0.896. The van der Waals surface area contributed by atoms with Gasteiger partial charge in [-0.1, -0.05) is 297 Å². The first-order chi connectivity index (χ1) is 23.3. The van der Waals surface area contributed by atoms with Crippen molar-refractivity contribution in [3.05, 3.63) is 0 Å². The number of rotatable bonds is 43. The lowest BCUT2D eigenvalue weighted by molar-refractivity contribution is 0.500. The predicted octanol–water partition coefficient (Wildman–Crippen LogP) is 18.4. The van der Waals surface area contributed by atoms with Gasteiger partial charge >= 0.3 is 0 Å². The molecule has 0 fully saturated rings. The first-order valence-electron chi connectivity index (χ1n) is 23.3. The molecule has 47 heavy (non-hydrogen) atoms. The molecule has 0 N–H and O–H groups in total. The van der Waals surface area contributed by atoms with Crippen LogP contribution in [0.2, 0.25) is 0 Å². The Morgan fingerprint density at radius 1 is 0.191 bits per heavy atom. The lowest BCUT2D eigenvalue weighted by Gasteiger charge is -2.05. The Balaban J connectivity index is 3.04. The van der Waals surface area contributed by atoms with Crippen molar-refractivity contribution in [1.29, 1.82) is 0 Å². The van der Waals surface area contributed by atoms with E-state index in [1.54, 1.807) is 0 Å². The molecule has 0 heterocycles. The average Bonchev–Trinajstić information content (AvgIpc) is 3.07. The van der Waals surface area contributed by atoms with Crippen molar-refractivity contribution < 1.29 is 0 Å². The van der Waals surface area contributed by atoms with E-state index in [1.807, 2.05) is 0 Å². The van der Waals surface area contributed by atoms with Crippen molar-refractivity contribution in [2.45, 2.75) is 297 Å². The molecule has 0 spiro atoms. The normalized spacial score (nSPS) is 11.7. The zero-order valence-electron chi connectivity index (χ0n) is 34.0. The standard InChI is InChI=1S/C47H96/c1-4-5-6-7-8-9-10-11-12-13-14-15-16-17-18-19-20-21-22-23-24-25-26-27-28-29-30-31-32-33-34-35-36-37-38-39-40-41-42-43-44-45-46-47(2)3/h47H,4-46H2,1-3H3. The summed E-state index contributed by atoms with van der Waals surface area (Å²) in [7, 11) is 0. The average molecular weight is 661 g/mol. The van der Waals surface area contributed by atoms with Crippen molar-refractivity contribution in [2.24, 2.45) is 5.92 Å². The Kier molecular flexibility index (Phi) is 44.0. The van der Waals surface area contributed by atoms with Crippen LogP contribution in [0, 0.1) is 5.92 Å². The van der Waals surface area contributed by atoms with Crippen LogP contribution in [0.15, 0.2) is 0 Å². The molecule has 0 aliphatic heterocycles. The molecule has 0 aromatic heterocycles. The number of hydrogen-bond donors (Lipinski definition) is 0. The Hall–Kier alpha value is 0. The minimum atomic E-state index is 0.896. The van der Waals surface area contributed by atoms with Crippen LogP contribution in [-0.4, -0.2) is 0 Å². The third-order valence-corrected chi connectivity index (χ3v) is 11.1. The van der Waals surface area contributed by atoms with Crippen molar-refractivity contribution in [3.8, 4) is 0 Å². The van der Waals surface area contributed by atoms with Gasteiger partial charge in [0.25, 0.3) is 0 Å². The predicted molar refractivity (Wildman–Crippen MR) is 219 cm³/mol. The van der Waals surface area contributed by atoms with E-state index in [0.717, 1.165) is 5.92 Å². The van der Waals surface area contributed by atoms with E-state index in [2.05, 4.69) is 20.8 Å². The van der Waals surface area contributed by atoms with Crippen LogP contribution in [0.1, 0.15) is 297 Å². The second-order valence-electron chi connectivity index (χ2n) is 16.7. The Morgan fingerprint density at radius 2 is 0.319 bits per heavy atom. The van der Waals surface area contributed by atoms with Gasteiger partial charge in [-0.25, -0.2) is 0 Å². The maximum atomic E-state index is 2.35. The summed E-state index contributed by atoms with van der Waals surface area (Å²) >= 11 is 0. The zero-order valence-corrected chi connectivity index (χ0v) is 34.0. The van der Waals surface area contributed by atoms with Gasteiger partial charge in [-0.05, 0) is 5.92 Å². The van der Waals surface area contributed by atoms with Crippen molar-refractivity contribution in [1.82, 2.24) is 0 Å². The fourth-order valence-corrected chi connectivity index (χ4v) is 7.70. The van der Waals surface area contributed by atoms with Gasteiger partial charge in [0.2, 0.25) is 0 Å². The SMILES string of the molecule is CCCCCCCCCCCCCCCCCCCCCCCCCCCCCCCCCCCCCCCCCCCCC(C)C. The molecule has 0 saturated carbocycles. The van der Waals surface area contributed by atoms with E-state index in [4.69, 9.17) is 0 Å². The van der Waals surface area contributed by atoms with Gasteiger partial charge in [0, 0.05) is 0 Å². The van der Waals surface area contributed by atoms with Crippen LogP contribution in [0.3, 0.4) is 0 Å². The molecule has 0 amide bonds. The molecular weight excluding hydrogens is 565 g/mol. The fraction of sp³-hybridized carbons (Fsp3) is 1.00. The van der Waals surface area contributed by atoms with Crippen molar-refractivity contribution in [2.75, 3.05) is 0 Å². The third kappa shape index (κ3) is 46.0. The molecule has 0 heteroatoms. The first kappa shape index (κ1) is 47.0. The lowest BCUT2D eigenvalue weighted by Crippen LogP contribution is -1.87.